The van der Waals surface area contributed by atoms with Gasteiger partial charge in [0.25, 0.3) is 0 Å². The van der Waals surface area contributed by atoms with Crippen molar-refractivity contribution in [2.75, 3.05) is 6.54 Å². The lowest BCUT2D eigenvalue weighted by atomic mass is 10.2. The van der Waals surface area contributed by atoms with Crippen molar-refractivity contribution in [1.82, 2.24) is 10.6 Å². The number of amides is 2. The van der Waals surface area contributed by atoms with Crippen molar-refractivity contribution in [3.63, 3.8) is 0 Å². The van der Waals surface area contributed by atoms with E-state index in [2.05, 4.69) is 15.7 Å². The van der Waals surface area contributed by atoms with E-state index in [1.54, 1.807) is 0 Å². The number of nitrogens with one attached hydrogen (secondary N) is 2. The molecule has 0 aromatic rings. The Kier molecular flexibility index (Phi) is 6.64. The summed E-state index contributed by atoms with van der Waals surface area (Å²) in [5.41, 5.74) is 5.25. The van der Waals surface area contributed by atoms with Crippen molar-refractivity contribution >= 4 is 18.3 Å². The lowest BCUT2D eigenvalue weighted by molar-refractivity contribution is -0.138. The second-order valence-electron chi connectivity index (χ2n) is 2.77. The molecule has 0 rings (SSSR count). The van der Waals surface area contributed by atoms with Crippen LogP contribution >= 0.6 is 0 Å². The Morgan fingerprint density at radius 2 is 2.20 bits per heavy atom. The van der Waals surface area contributed by atoms with Gasteiger partial charge in [0.05, 0.1) is 0 Å². The molecule has 1 atom stereocenters. The Labute approximate surface area is 86.7 Å². The lowest BCUT2D eigenvalue weighted by Crippen LogP contribution is -2.36. The molecular weight excluding hydrogens is 202 g/mol. The summed E-state index contributed by atoms with van der Waals surface area (Å²) in [5.74, 6) is 3.70. The summed E-state index contributed by atoms with van der Waals surface area (Å²) in [6, 6.07) is -1.34. The van der Waals surface area contributed by atoms with Crippen LogP contribution in [-0.4, -0.2) is 36.0 Å². The van der Waals surface area contributed by atoms with Crippen LogP contribution in [0.15, 0.2) is 5.10 Å². The molecule has 15 heavy (non-hydrogen) atoms. The monoisotopic (exact) mass is 217 g/mol. The van der Waals surface area contributed by atoms with E-state index in [1.807, 2.05) is 0 Å². The first-order valence-electron chi connectivity index (χ1n) is 4.32. The predicted octanol–water partition coefficient (Wildman–Crippen LogP) is -1.62. The number of carbonyl (C=O) groups is 2. The van der Waals surface area contributed by atoms with Gasteiger partial charge in [-0.2, -0.15) is 5.10 Å². The Bertz CT molecular complexity index is 243. The first kappa shape index (κ1) is 13.2. The van der Waals surface area contributed by atoms with E-state index in [1.165, 1.54) is 0 Å². The second-order valence-corrected chi connectivity index (χ2v) is 2.77. The van der Waals surface area contributed by atoms with Crippen LogP contribution in [0.4, 0.5) is 4.79 Å². The molecule has 0 heterocycles. The lowest BCUT2D eigenvalue weighted by Gasteiger charge is -2.06. The topological polar surface area (TPSA) is 143 Å². The molecule has 0 aromatic heterocycles. The van der Waals surface area contributed by atoms with Crippen LogP contribution in [0.2, 0.25) is 0 Å². The highest BCUT2D eigenvalue weighted by Crippen LogP contribution is 1.92. The van der Waals surface area contributed by atoms with E-state index >= 15 is 0 Å². The third-order valence-corrected chi connectivity index (χ3v) is 1.56. The molecule has 8 nitrogen and oxygen atoms in total. The van der Waals surface area contributed by atoms with Crippen molar-refractivity contribution in [2.24, 2.45) is 16.7 Å². The number of rotatable bonds is 6. The van der Waals surface area contributed by atoms with Crippen LogP contribution in [0.5, 0.6) is 0 Å². The number of nitrogens with zero attached hydrogens (tertiary/aromatic N) is 1. The first-order valence-corrected chi connectivity index (χ1v) is 4.32. The van der Waals surface area contributed by atoms with Crippen molar-refractivity contribution in [3.05, 3.63) is 0 Å². The first-order chi connectivity index (χ1) is 7.07. The minimum atomic E-state index is -1.05. The molecule has 0 fully saturated rings. The summed E-state index contributed by atoms with van der Waals surface area (Å²) in [7, 11) is 0. The number of hydrazone groups is 1. The molecule has 0 spiro atoms. The Hall–Kier alpha value is -1.83. The van der Waals surface area contributed by atoms with Gasteiger partial charge in [0.15, 0.2) is 0 Å². The maximum atomic E-state index is 10.9. The van der Waals surface area contributed by atoms with Gasteiger partial charge in [0, 0.05) is 6.54 Å². The number of carbonyl (C=O) groups excluding carboxylic acids is 1. The van der Waals surface area contributed by atoms with E-state index < -0.39 is 18.0 Å². The van der Waals surface area contributed by atoms with Crippen LogP contribution in [-0.2, 0) is 4.79 Å². The number of nitrogens with two attached hydrogens (primary N) is 2. The molecule has 0 radical (unpaired) electrons. The summed E-state index contributed by atoms with van der Waals surface area (Å²) >= 11 is 0. The van der Waals surface area contributed by atoms with Gasteiger partial charge in [0.1, 0.15) is 12.4 Å². The van der Waals surface area contributed by atoms with E-state index in [0.29, 0.717) is 19.4 Å². The molecule has 8 heteroatoms. The molecule has 7 N–H and O–H groups in total. The van der Waals surface area contributed by atoms with Gasteiger partial charge < -0.3 is 22.0 Å². The molecule has 0 bridgehead atoms. The van der Waals surface area contributed by atoms with Gasteiger partial charge in [-0.25, -0.2) is 4.79 Å². The van der Waals surface area contributed by atoms with Crippen molar-refractivity contribution in [3.8, 4) is 0 Å². The maximum absolute atomic E-state index is 10.9. The predicted molar refractivity (Wildman–Crippen MR) is 54.1 cm³/mol. The smallest absolute Gasteiger partial charge is 0.320 e. The minimum Gasteiger partial charge on any atom is -0.480 e. The normalized spacial score (nSPS) is 12.3. The Morgan fingerprint density at radius 1 is 1.53 bits per heavy atom. The number of carboxylic acid groups (broad SMARTS) is 1. The zero-order valence-corrected chi connectivity index (χ0v) is 8.14. The fourth-order valence-electron chi connectivity index (χ4n) is 0.794. The summed E-state index contributed by atoms with van der Waals surface area (Å²) in [6.07, 6.45) is 1.83. The van der Waals surface area contributed by atoms with Crippen LogP contribution in [0.25, 0.3) is 0 Å². The van der Waals surface area contributed by atoms with E-state index in [4.69, 9.17) is 16.7 Å². The number of urea groups is 1. The summed E-state index contributed by atoms with van der Waals surface area (Å²) in [5, 5.41) is 16.2. The fraction of sp³-hybridized carbons (Fsp3) is 0.571. The number of aliphatic carboxylic acids is 1. The average molecular weight is 217 g/mol. The van der Waals surface area contributed by atoms with Crippen molar-refractivity contribution in [1.29, 1.82) is 0 Å². The Balaban J connectivity index is 3.46. The van der Waals surface area contributed by atoms with Crippen LogP contribution in [0, 0.1) is 0 Å². The third kappa shape index (κ3) is 7.26. The molecule has 0 aliphatic rings. The second kappa shape index (κ2) is 7.56. The molecule has 0 aliphatic heterocycles. The number of carboxylic acids is 1. The fourth-order valence-corrected chi connectivity index (χ4v) is 0.794. The zero-order valence-electron chi connectivity index (χ0n) is 8.14. The molecule has 1 unspecified atom stereocenters. The molecule has 0 saturated carbocycles. The highest BCUT2D eigenvalue weighted by molar-refractivity contribution is 5.85. The van der Waals surface area contributed by atoms with Crippen LogP contribution in [0.3, 0.4) is 0 Å². The van der Waals surface area contributed by atoms with Crippen LogP contribution < -0.4 is 22.2 Å². The molecule has 0 aliphatic carbocycles. The molecule has 2 amide bonds. The number of hydrogen-bond acceptors (Lipinski definition) is 5. The van der Waals surface area contributed by atoms with Gasteiger partial charge >= 0.3 is 12.0 Å². The third-order valence-electron chi connectivity index (χ3n) is 1.56. The van der Waals surface area contributed by atoms with E-state index in [9.17, 15) is 9.59 Å². The van der Waals surface area contributed by atoms with Gasteiger partial charge in [-0.15, -0.1) is 0 Å². The Morgan fingerprint density at radius 3 is 2.73 bits per heavy atom. The largest absolute Gasteiger partial charge is 0.480 e. The highest BCUT2D eigenvalue weighted by Gasteiger charge is 2.10. The van der Waals surface area contributed by atoms with Gasteiger partial charge in [0.2, 0.25) is 0 Å². The summed E-state index contributed by atoms with van der Waals surface area (Å²) < 4.78 is 0. The quantitative estimate of drug-likeness (QED) is 0.119. The van der Waals surface area contributed by atoms with Crippen LogP contribution in [0.1, 0.15) is 12.8 Å². The SMILES string of the molecule is NN=CNC(=O)NCCCC(N)C(=O)O. The molecule has 0 aromatic carbocycles. The highest BCUT2D eigenvalue weighted by atomic mass is 16.4. The zero-order chi connectivity index (χ0) is 11.7. The summed E-state index contributed by atoms with van der Waals surface area (Å²) in [4.78, 5) is 21.2. The molecule has 86 valence electrons. The van der Waals surface area contributed by atoms with Gasteiger partial charge in [-0.1, -0.05) is 0 Å². The molecule has 0 saturated heterocycles. The molecular formula is C7H15N5O3. The average Bonchev–Trinajstić information content (AvgIpc) is 2.20. The standard InChI is InChI=1S/C7H15N5O3/c8-5(6(13)14)2-1-3-10-7(15)11-4-12-9/h4-5H,1-3,8-9H2,(H,13,14)(H2,10,11,12,15). The maximum Gasteiger partial charge on any atom is 0.320 e. The summed E-state index contributed by atoms with van der Waals surface area (Å²) in [6.45, 7) is 0.339. The minimum absolute atomic E-state index is 0.306. The van der Waals surface area contributed by atoms with Gasteiger partial charge in [-0.3, -0.25) is 10.1 Å². The van der Waals surface area contributed by atoms with Crippen molar-refractivity contribution in [2.45, 2.75) is 18.9 Å². The van der Waals surface area contributed by atoms with E-state index in [-0.39, 0.29) is 0 Å². The van der Waals surface area contributed by atoms with Gasteiger partial charge in [-0.05, 0) is 12.8 Å². The van der Waals surface area contributed by atoms with E-state index in [0.717, 1.165) is 6.34 Å². The number of hydrogen-bond donors (Lipinski definition) is 5. The van der Waals surface area contributed by atoms with Crippen molar-refractivity contribution < 1.29 is 14.7 Å².